The molecule has 0 unspecified atom stereocenters. The minimum Gasteiger partial charge on any atom is -0.497 e. The summed E-state index contributed by atoms with van der Waals surface area (Å²) < 4.78 is 27.9. The monoisotopic (exact) mass is 441 g/mol. The summed E-state index contributed by atoms with van der Waals surface area (Å²) >= 11 is 0. The van der Waals surface area contributed by atoms with Crippen molar-refractivity contribution in [2.24, 2.45) is 0 Å². The van der Waals surface area contributed by atoms with E-state index in [1.165, 1.54) is 0 Å². The molecule has 0 fully saturated rings. The van der Waals surface area contributed by atoms with Gasteiger partial charge in [0.05, 0.1) is 20.8 Å². The van der Waals surface area contributed by atoms with Gasteiger partial charge in [-0.05, 0) is 62.0 Å². The van der Waals surface area contributed by atoms with Crippen molar-refractivity contribution in [3.8, 4) is 17.2 Å². The van der Waals surface area contributed by atoms with E-state index in [2.05, 4.69) is 18.7 Å². The molecule has 0 amide bonds. The number of hydrogen-bond donors (Lipinski definition) is 0. The Balaban J connectivity index is 1.77. The first-order valence-electron chi connectivity index (χ1n) is 10.8. The van der Waals surface area contributed by atoms with Crippen molar-refractivity contribution in [1.29, 1.82) is 0 Å². The van der Waals surface area contributed by atoms with Gasteiger partial charge in [-0.25, -0.2) is 4.79 Å². The predicted molar refractivity (Wildman–Crippen MR) is 123 cm³/mol. The molecule has 0 saturated heterocycles. The summed E-state index contributed by atoms with van der Waals surface area (Å²) in [6.45, 7) is 7.50. The molecule has 3 aromatic rings. The van der Waals surface area contributed by atoms with Gasteiger partial charge in [-0.3, -0.25) is 0 Å². The summed E-state index contributed by atoms with van der Waals surface area (Å²) in [5, 5.41) is 0.645. The maximum absolute atomic E-state index is 13.0. The fraction of sp³-hybridized carbons (Fsp3) is 0.400. The van der Waals surface area contributed by atoms with E-state index in [-0.39, 0.29) is 6.61 Å². The highest BCUT2D eigenvalue weighted by atomic mass is 16.5. The lowest BCUT2D eigenvalue weighted by Crippen LogP contribution is -2.25. The van der Waals surface area contributed by atoms with Crippen molar-refractivity contribution in [3.63, 3.8) is 0 Å². The zero-order valence-electron chi connectivity index (χ0n) is 19.2. The minimum atomic E-state index is -0.426. The first-order chi connectivity index (χ1) is 15.6. The summed E-state index contributed by atoms with van der Waals surface area (Å²) in [4.78, 5) is 15.3. The Kier molecular flexibility index (Phi) is 8.39. The Labute approximate surface area is 188 Å². The van der Waals surface area contributed by atoms with Crippen LogP contribution in [-0.2, 0) is 11.3 Å². The molecule has 0 bridgehead atoms. The smallest absolute Gasteiger partial charge is 0.342 e. The van der Waals surface area contributed by atoms with Gasteiger partial charge in [0.25, 0.3) is 0 Å². The van der Waals surface area contributed by atoms with E-state index in [1.54, 1.807) is 44.6 Å². The highest BCUT2D eigenvalue weighted by Gasteiger charge is 2.23. The summed E-state index contributed by atoms with van der Waals surface area (Å²) in [5.74, 6) is 2.00. The number of furan rings is 1. The zero-order valence-corrected chi connectivity index (χ0v) is 19.2. The second-order valence-corrected chi connectivity index (χ2v) is 7.24. The van der Waals surface area contributed by atoms with Gasteiger partial charge >= 0.3 is 5.97 Å². The van der Waals surface area contributed by atoms with Gasteiger partial charge in [0.1, 0.15) is 35.0 Å². The van der Waals surface area contributed by atoms with Gasteiger partial charge in [-0.15, -0.1) is 0 Å². The number of fused-ring (bicyclic) bond motifs is 1. The van der Waals surface area contributed by atoms with Crippen LogP contribution in [0, 0.1) is 0 Å². The van der Waals surface area contributed by atoms with Crippen LogP contribution in [0.4, 0.5) is 0 Å². The van der Waals surface area contributed by atoms with Crippen LogP contribution < -0.4 is 14.2 Å². The topological polar surface area (TPSA) is 70.4 Å². The Bertz CT molecular complexity index is 1010. The lowest BCUT2D eigenvalue weighted by atomic mass is 10.1. The molecule has 0 aliphatic heterocycles. The van der Waals surface area contributed by atoms with Crippen LogP contribution in [0.15, 0.2) is 46.9 Å². The Morgan fingerprint density at radius 2 is 1.59 bits per heavy atom. The third-order valence-corrected chi connectivity index (χ3v) is 5.35. The molecular formula is C25H31NO6. The van der Waals surface area contributed by atoms with E-state index < -0.39 is 5.97 Å². The number of carbonyl (C=O) groups is 1. The molecular weight excluding hydrogens is 410 g/mol. The summed E-state index contributed by atoms with van der Waals surface area (Å²) in [7, 11) is 3.19. The van der Waals surface area contributed by atoms with Crippen molar-refractivity contribution in [2.45, 2.75) is 26.9 Å². The van der Waals surface area contributed by atoms with E-state index in [1.807, 2.05) is 12.1 Å². The van der Waals surface area contributed by atoms with Crippen LogP contribution in [0.5, 0.6) is 17.2 Å². The fourth-order valence-corrected chi connectivity index (χ4v) is 3.47. The molecule has 0 saturated carbocycles. The molecule has 0 aliphatic rings. The van der Waals surface area contributed by atoms with Gasteiger partial charge in [0.2, 0.25) is 0 Å². The predicted octanol–water partition coefficient (Wildman–Crippen LogP) is 4.92. The standard InChI is InChI=1S/C25H31NO6/c1-5-26(6-2)14-7-15-30-25(27)24-21-16-20(29-4)12-13-22(21)32-23(24)17-31-19-10-8-18(28-3)9-11-19/h8-13,16H,5-7,14-15,17H2,1-4H3. The zero-order chi connectivity index (χ0) is 22.9. The van der Waals surface area contributed by atoms with E-state index in [4.69, 9.17) is 23.4 Å². The van der Waals surface area contributed by atoms with Crippen LogP contribution >= 0.6 is 0 Å². The molecule has 0 atom stereocenters. The third-order valence-electron chi connectivity index (χ3n) is 5.35. The van der Waals surface area contributed by atoms with Crippen LogP contribution in [-0.4, -0.2) is 51.3 Å². The maximum atomic E-state index is 13.0. The highest BCUT2D eigenvalue weighted by Crippen LogP contribution is 2.31. The van der Waals surface area contributed by atoms with Gasteiger partial charge < -0.3 is 28.3 Å². The average Bonchev–Trinajstić information content (AvgIpc) is 3.20. The molecule has 7 nitrogen and oxygen atoms in total. The highest BCUT2D eigenvalue weighted by molar-refractivity contribution is 6.05. The average molecular weight is 442 g/mol. The number of nitrogens with zero attached hydrogens (tertiary/aromatic N) is 1. The van der Waals surface area contributed by atoms with Gasteiger partial charge in [-0.1, -0.05) is 13.8 Å². The Hall–Kier alpha value is -3.19. The lowest BCUT2D eigenvalue weighted by Gasteiger charge is -2.17. The lowest BCUT2D eigenvalue weighted by molar-refractivity contribution is 0.0486. The molecule has 1 aromatic heterocycles. The number of hydrogen-bond acceptors (Lipinski definition) is 7. The number of ether oxygens (including phenoxy) is 4. The molecule has 32 heavy (non-hydrogen) atoms. The number of carbonyl (C=O) groups excluding carboxylic acids is 1. The molecule has 1 heterocycles. The Morgan fingerprint density at radius 3 is 2.25 bits per heavy atom. The third kappa shape index (κ3) is 5.73. The molecule has 172 valence electrons. The molecule has 0 aliphatic carbocycles. The Morgan fingerprint density at radius 1 is 0.938 bits per heavy atom. The van der Waals surface area contributed by atoms with Crippen molar-refractivity contribution in [1.82, 2.24) is 4.90 Å². The molecule has 0 spiro atoms. The van der Waals surface area contributed by atoms with Gasteiger partial charge in [0.15, 0.2) is 5.76 Å². The molecule has 0 N–H and O–H groups in total. The van der Waals surface area contributed by atoms with Crippen LogP contribution in [0.25, 0.3) is 11.0 Å². The van der Waals surface area contributed by atoms with E-state index in [9.17, 15) is 4.79 Å². The number of rotatable bonds is 12. The first-order valence-corrected chi connectivity index (χ1v) is 10.8. The quantitative estimate of drug-likeness (QED) is 0.292. The second-order valence-electron chi connectivity index (χ2n) is 7.24. The number of benzene rings is 2. The van der Waals surface area contributed by atoms with E-state index in [0.717, 1.165) is 31.8 Å². The van der Waals surface area contributed by atoms with Crippen LogP contribution in [0.3, 0.4) is 0 Å². The van der Waals surface area contributed by atoms with E-state index in [0.29, 0.717) is 40.4 Å². The summed E-state index contributed by atoms with van der Waals surface area (Å²) in [6.07, 6.45) is 0.768. The van der Waals surface area contributed by atoms with Crippen molar-refractivity contribution >= 4 is 16.9 Å². The van der Waals surface area contributed by atoms with Crippen molar-refractivity contribution in [3.05, 3.63) is 53.8 Å². The molecule has 3 rings (SSSR count). The van der Waals surface area contributed by atoms with Crippen LogP contribution in [0.2, 0.25) is 0 Å². The van der Waals surface area contributed by atoms with Gasteiger partial charge in [0, 0.05) is 11.9 Å². The fourth-order valence-electron chi connectivity index (χ4n) is 3.47. The van der Waals surface area contributed by atoms with E-state index >= 15 is 0 Å². The maximum Gasteiger partial charge on any atom is 0.342 e. The number of esters is 1. The van der Waals surface area contributed by atoms with Crippen molar-refractivity contribution in [2.75, 3.05) is 40.5 Å². The summed E-state index contributed by atoms with van der Waals surface area (Å²) in [6, 6.07) is 12.6. The largest absolute Gasteiger partial charge is 0.497 e. The minimum absolute atomic E-state index is 0.0905. The molecule has 0 radical (unpaired) electrons. The second kappa shape index (κ2) is 11.4. The van der Waals surface area contributed by atoms with Gasteiger partial charge in [-0.2, -0.15) is 0 Å². The molecule has 2 aromatic carbocycles. The SMILES string of the molecule is CCN(CC)CCCOC(=O)c1c(COc2ccc(OC)cc2)oc2ccc(OC)cc12. The number of methoxy groups -OCH3 is 2. The first kappa shape index (κ1) is 23.5. The van der Waals surface area contributed by atoms with Crippen LogP contribution in [0.1, 0.15) is 36.4 Å². The molecule has 7 heteroatoms. The summed E-state index contributed by atoms with van der Waals surface area (Å²) in [5.41, 5.74) is 0.949. The normalized spacial score (nSPS) is 11.0. The van der Waals surface area contributed by atoms with Crippen molar-refractivity contribution < 1.29 is 28.2 Å².